The number of pyridine rings is 1. The minimum atomic E-state index is -0.104. The van der Waals surface area contributed by atoms with Gasteiger partial charge in [0.2, 0.25) is 5.91 Å². The Bertz CT molecular complexity index is 481. The van der Waals surface area contributed by atoms with Crippen molar-refractivity contribution in [2.75, 3.05) is 11.4 Å². The van der Waals surface area contributed by atoms with Crippen LogP contribution in [0.4, 0.5) is 5.82 Å². The van der Waals surface area contributed by atoms with Crippen molar-refractivity contribution in [3.8, 4) is 18.1 Å². The number of halogens is 1. The Morgan fingerprint density at radius 3 is 3.00 bits per heavy atom. The van der Waals surface area contributed by atoms with Gasteiger partial charge in [-0.1, -0.05) is 0 Å². The molecule has 1 atom stereocenters. The van der Waals surface area contributed by atoms with E-state index >= 15 is 0 Å². The maximum absolute atomic E-state index is 11.6. The van der Waals surface area contributed by atoms with E-state index in [1.807, 2.05) is 0 Å². The lowest BCUT2D eigenvalue weighted by molar-refractivity contribution is -0.117. The molecule has 5 heteroatoms. The Morgan fingerprint density at radius 2 is 2.44 bits per heavy atom. The largest absolute Gasteiger partial charge is 0.504 e. The Kier molecular flexibility index (Phi) is 2.84. The predicted molar refractivity (Wildman–Crippen MR) is 62.9 cm³/mol. The van der Waals surface area contributed by atoms with Gasteiger partial charge in [0.15, 0.2) is 11.6 Å². The van der Waals surface area contributed by atoms with Gasteiger partial charge in [0.1, 0.15) is 0 Å². The number of aromatic nitrogens is 1. The molecule has 1 aliphatic heterocycles. The highest BCUT2D eigenvalue weighted by Gasteiger charge is 2.31. The number of terminal acetylenes is 1. The summed E-state index contributed by atoms with van der Waals surface area (Å²) in [7, 11) is 0. The average Bonchev–Trinajstić information content (AvgIpc) is 2.60. The van der Waals surface area contributed by atoms with Crippen LogP contribution in [0.3, 0.4) is 0 Å². The molecule has 1 saturated heterocycles. The SMILES string of the molecule is C#CC1CC(=O)N(c2ncc(Br)cc2O)C1. The van der Waals surface area contributed by atoms with Crippen LogP contribution in [0, 0.1) is 18.3 Å². The monoisotopic (exact) mass is 280 g/mol. The summed E-state index contributed by atoms with van der Waals surface area (Å²) in [6.07, 6.45) is 7.13. The van der Waals surface area contributed by atoms with E-state index in [0.29, 0.717) is 17.4 Å². The number of carbonyl (C=O) groups is 1. The first-order valence-electron chi connectivity index (χ1n) is 4.73. The third-order valence-electron chi connectivity index (χ3n) is 2.43. The normalized spacial score (nSPS) is 19.9. The number of amides is 1. The Labute approximate surface area is 101 Å². The first-order valence-corrected chi connectivity index (χ1v) is 5.52. The van der Waals surface area contributed by atoms with Gasteiger partial charge in [0.25, 0.3) is 0 Å². The molecule has 1 unspecified atom stereocenters. The molecule has 16 heavy (non-hydrogen) atoms. The fourth-order valence-electron chi connectivity index (χ4n) is 1.65. The van der Waals surface area contributed by atoms with Gasteiger partial charge in [-0.05, 0) is 22.0 Å². The van der Waals surface area contributed by atoms with Gasteiger partial charge in [-0.3, -0.25) is 9.69 Å². The van der Waals surface area contributed by atoms with Gasteiger partial charge in [-0.25, -0.2) is 4.98 Å². The second-order valence-electron chi connectivity index (χ2n) is 3.57. The van der Waals surface area contributed by atoms with E-state index in [-0.39, 0.29) is 23.4 Å². The zero-order valence-electron chi connectivity index (χ0n) is 8.35. The van der Waals surface area contributed by atoms with E-state index in [1.165, 1.54) is 17.2 Å². The number of rotatable bonds is 1. The van der Waals surface area contributed by atoms with Crippen LogP contribution in [-0.4, -0.2) is 22.5 Å². The fraction of sp³-hybridized carbons (Fsp3) is 0.273. The minimum absolute atomic E-state index is 0.0274. The maximum Gasteiger partial charge on any atom is 0.229 e. The highest BCUT2D eigenvalue weighted by Crippen LogP contribution is 2.31. The van der Waals surface area contributed by atoms with E-state index in [0.717, 1.165) is 0 Å². The van der Waals surface area contributed by atoms with Crippen molar-refractivity contribution >= 4 is 27.7 Å². The molecule has 1 aromatic rings. The van der Waals surface area contributed by atoms with Crippen LogP contribution in [0.25, 0.3) is 0 Å². The van der Waals surface area contributed by atoms with Crippen LogP contribution < -0.4 is 4.90 Å². The quantitative estimate of drug-likeness (QED) is 0.794. The lowest BCUT2D eigenvalue weighted by atomic mass is 10.1. The van der Waals surface area contributed by atoms with Gasteiger partial charge < -0.3 is 5.11 Å². The summed E-state index contributed by atoms with van der Waals surface area (Å²) in [4.78, 5) is 17.1. The van der Waals surface area contributed by atoms with Crippen molar-refractivity contribution in [2.24, 2.45) is 5.92 Å². The smallest absolute Gasteiger partial charge is 0.229 e. The highest BCUT2D eigenvalue weighted by atomic mass is 79.9. The average molecular weight is 281 g/mol. The van der Waals surface area contributed by atoms with Crippen molar-refractivity contribution in [1.82, 2.24) is 4.98 Å². The van der Waals surface area contributed by atoms with Gasteiger partial charge >= 0.3 is 0 Å². The summed E-state index contributed by atoms with van der Waals surface area (Å²) in [5.41, 5.74) is 0. The second kappa shape index (κ2) is 4.14. The molecule has 1 aromatic heterocycles. The third kappa shape index (κ3) is 1.89. The number of hydrogen-bond acceptors (Lipinski definition) is 3. The topological polar surface area (TPSA) is 53.4 Å². The van der Waals surface area contributed by atoms with Crippen LogP contribution in [0.15, 0.2) is 16.7 Å². The summed E-state index contributed by atoms with van der Waals surface area (Å²) < 4.78 is 0.661. The summed E-state index contributed by atoms with van der Waals surface area (Å²) in [6.45, 7) is 0.414. The number of nitrogens with zero attached hydrogens (tertiary/aromatic N) is 2. The standard InChI is InChI=1S/C11H9BrN2O2/c1-2-7-3-10(16)14(6-7)11-9(15)4-8(12)5-13-11/h1,4-5,7,15H,3,6H2. The Balaban J connectivity index is 2.32. The summed E-state index contributed by atoms with van der Waals surface area (Å²) in [5, 5.41) is 9.69. The van der Waals surface area contributed by atoms with E-state index < -0.39 is 0 Å². The molecule has 1 N–H and O–H groups in total. The van der Waals surface area contributed by atoms with Crippen LogP contribution in [0.5, 0.6) is 5.75 Å². The zero-order chi connectivity index (χ0) is 11.7. The molecule has 0 aliphatic carbocycles. The fourth-order valence-corrected chi connectivity index (χ4v) is 1.97. The van der Waals surface area contributed by atoms with Crippen molar-refractivity contribution < 1.29 is 9.90 Å². The number of aromatic hydroxyl groups is 1. The number of hydrogen-bond donors (Lipinski definition) is 1. The van der Waals surface area contributed by atoms with Crippen molar-refractivity contribution in [3.63, 3.8) is 0 Å². The van der Waals surface area contributed by atoms with Crippen LogP contribution in [-0.2, 0) is 4.79 Å². The molecule has 1 aliphatic rings. The van der Waals surface area contributed by atoms with Crippen LogP contribution >= 0.6 is 15.9 Å². The third-order valence-corrected chi connectivity index (χ3v) is 2.86. The molecular weight excluding hydrogens is 272 g/mol. The Hall–Kier alpha value is -1.54. The molecule has 0 radical (unpaired) electrons. The zero-order valence-corrected chi connectivity index (χ0v) is 9.94. The summed E-state index contributed by atoms with van der Waals surface area (Å²) in [5.74, 6) is 2.58. The van der Waals surface area contributed by atoms with Crippen molar-refractivity contribution in [3.05, 3.63) is 16.7 Å². The maximum atomic E-state index is 11.6. The number of carbonyl (C=O) groups excluding carboxylic acids is 1. The molecule has 1 amide bonds. The first kappa shape index (κ1) is 11.0. The summed E-state index contributed by atoms with van der Waals surface area (Å²) >= 11 is 3.19. The number of anilines is 1. The molecule has 0 spiro atoms. The van der Waals surface area contributed by atoms with Crippen LogP contribution in [0.1, 0.15) is 6.42 Å². The van der Waals surface area contributed by atoms with Gasteiger partial charge in [0, 0.05) is 29.6 Å². The Morgan fingerprint density at radius 1 is 1.69 bits per heavy atom. The van der Waals surface area contributed by atoms with Crippen molar-refractivity contribution in [2.45, 2.75) is 6.42 Å². The van der Waals surface area contributed by atoms with E-state index in [2.05, 4.69) is 26.8 Å². The molecular formula is C11H9BrN2O2. The van der Waals surface area contributed by atoms with Gasteiger partial charge in [-0.2, -0.15) is 0 Å². The van der Waals surface area contributed by atoms with E-state index in [1.54, 1.807) is 0 Å². The first-order chi connectivity index (χ1) is 7.61. The lowest BCUT2D eigenvalue weighted by Gasteiger charge is -2.15. The molecule has 0 aromatic carbocycles. The lowest BCUT2D eigenvalue weighted by Crippen LogP contribution is -2.25. The van der Waals surface area contributed by atoms with Crippen molar-refractivity contribution in [1.29, 1.82) is 0 Å². The van der Waals surface area contributed by atoms with Gasteiger partial charge in [0.05, 0.1) is 0 Å². The molecule has 2 rings (SSSR count). The molecule has 0 saturated carbocycles. The molecule has 82 valence electrons. The van der Waals surface area contributed by atoms with Gasteiger partial charge in [-0.15, -0.1) is 12.3 Å². The molecule has 0 bridgehead atoms. The molecule has 2 heterocycles. The summed E-state index contributed by atoms with van der Waals surface area (Å²) in [6, 6.07) is 1.50. The van der Waals surface area contributed by atoms with E-state index in [9.17, 15) is 9.90 Å². The van der Waals surface area contributed by atoms with Crippen LogP contribution in [0.2, 0.25) is 0 Å². The molecule has 1 fully saturated rings. The molecule has 4 nitrogen and oxygen atoms in total. The van der Waals surface area contributed by atoms with E-state index in [4.69, 9.17) is 6.42 Å². The second-order valence-corrected chi connectivity index (χ2v) is 4.48. The minimum Gasteiger partial charge on any atom is -0.504 e. The predicted octanol–water partition coefficient (Wildman–Crippen LogP) is 1.54. The highest BCUT2D eigenvalue weighted by molar-refractivity contribution is 9.10.